The molecule has 23 heavy (non-hydrogen) atoms. The Kier molecular flexibility index (Phi) is 3.78. The van der Waals surface area contributed by atoms with Crippen LogP contribution in [0.15, 0.2) is 24.0 Å². The summed E-state index contributed by atoms with van der Waals surface area (Å²) >= 11 is 3.24. The van der Waals surface area contributed by atoms with Crippen molar-refractivity contribution >= 4 is 33.7 Å². The van der Waals surface area contributed by atoms with Crippen LogP contribution >= 0.6 is 22.7 Å². The number of imidazole rings is 1. The second-order valence-electron chi connectivity index (χ2n) is 5.78. The summed E-state index contributed by atoms with van der Waals surface area (Å²) in [4.78, 5) is 23.2. The Balaban J connectivity index is 1.37. The van der Waals surface area contributed by atoms with Gasteiger partial charge in [-0.25, -0.2) is 14.8 Å². The van der Waals surface area contributed by atoms with Crippen molar-refractivity contribution in [3.63, 3.8) is 0 Å². The molecule has 0 aliphatic heterocycles. The highest BCUT2D eigenvalue weighted by molar-refractivity contribution is 7.15. The maximum absolute atomic E-state index is 12.2. The largest absolute Gasteiger partial charge is 0.332 e. The van der Waals surface area contributed by atoms with E-state index >= 15 is 0 Å². The van der Waals surface area contributed by atoms with Crippen molar-refractivity contribution in [1.29, 1.82) is 0 Å². The molecule has 8 heteroatoms. The molecule has 3 heterocycles. The van der Waals surface area contributed by atoms with Crippen LogP contribution in [0.4, 0.5) is 4.79 Å². The van der Waals surface area contributed by atoms with Crippen molar-refractivity contribution in [2.24, 2.45) is 5.92 Å². The van der Waals surface area contributed by atoms with Gasteiger partial charge in [0.2, 0.25) is 0 Å². The second kappa shape index (κ2) is 5.93. The topological polar surface area (TPSA) is 71.3 Å². The molecule has 1 atom stereocenters. The minimum Gasteiger partial charge on any atom is -0.332 e. The number of urea groups is 1. The maximum atomic E-state index is 12.2. The Morgan fingerprint density at radius 1 is 1.52 bits per heavy atom. The van der Waals surface area contributed by atoms with E-state index in [1.54, 1.807) is 22.7 Å². The summed E-state index contributed by atoms with van der Waals surface area (Å²) in [6.45, 7) is 2.46. The molecule has 0 aromatic carbocycles. The van der Waals surface area contributed by atoms with Gasteiger partial charge < -0.3 is 10.6 Å². The molecule has 4 rings (SSSR count). The molecule has 1 saturated carbocycles. The molecule has 1 unspecified atom stereocenters. The zero-order valence-corrected chi connectivity index (χ0v) is 14.3. The lowest BCUT2D eigenvalue weighted by atomic mass is 10.2. The molecule has 0 saturated heterocycles. The van der Waals surface area contributed by atoms with Crippen LogP contribution < -0.4 is 10.6 Å². The van der Waals surface area contributed by atoms with Crippen molar-refractivity contribution in [3.8, 4) is 0 Å². The Morgan fingerprint density at radius 2 is 2.39 bits per heavy atom. The zero-order valence-electron chi connectivity index (χ0n) is 12.7. The number of carbonyl (C=O) groups excluding carboxylic acids is 1. The van der Waals surface area contributed by atoms with Crippen molar-refractivity contribution in [3.05, 3.63) is 39.5 Å². The summed E-state index contributed by atoms with van der Waals surface area (Å²) in [7, 11) is 0. The first-order chi connectivity index (χ1) is 11.2. The molecule has 6 nitrogen and oxygen atoms in total. The average molecular weight is 347 g/mol. The number of amides is 2. The summed E-state index contributed by atoms with van der Waals surface area (Å²) < 4.78 is 1.96. The highest BCUT2D eigenvalue weighted by atomic mass is 32.1. The molecule has 0 spiro atoms. The Labute approximate surface area is 141 Å². The molecule has 1 fully saturated rings. The van der Waals surface area contributed by atoms with Crippen molar-refractivity contribution in [2.45, 2.75) is 32.4 Å². The predicted molar refractivity (Wildman–Crippen MR) is 90.8 cm³/mol. The van der Waals surface area contributed by atoms with E-state index in [0.29, 0.717) is 12.5 Å². The normalized spacial score (nSPS) is 15.7. The summed E-state index contributed by atoms with van der Waals surface area (Å²) in [5.74, 6) is 0.518. The van der Waals surface area contributed by atoms with E-state index in [9.17, 15) is 4.79 Å². The number of carbonyl (C=O) groups is 1. The molecule has 3 aromatic rings. The SMILES string of the molecule is Cc1cnc(C(NC(=O)NCc2cn3ccsc3n2)C2CC2)s1. The van der Waals surface area contributed by atoms with Gasteiger partial charge in [-0.1, -0.05) is 0 Å². The summed E-state index contributed by atoms with van der Waals surface area (Å²) in [5, 5.41) is 8.96. The number of thiazole rings is 2. The van der Waals surface area contributed by atoms with Crippen LogP contribution in [0.5, 0.6) is 0 Å². The van der Waals surface area contributed by atoms with Gasteiger partial charge in [0.1, 0.15) is 5.01 Å². The van der Waals surface area contributed by atoms with Gasteiger partial charge in [0.05, 0.1) is 18.3 Å². The molecule has 3 aromatic heterocycles. The van der Waals surface area contributed by atoms with Crippen LogP contribution in [-0.4, -0.2) is 20.4 Å². The highest BCUT2D eigenvalue weighted by Crippen LogP contribution is 2.41. The molecule has 120 valence electrons. The van der Waals surface area contributed by atoms with Crippen LogP contribution in [0.2, 0.25) is 0 Å². The van der Waals surface area contributed by atoms with E-state index in [2.05, 4.69) is 20.6 Å². The van der Waals surface area contributed by atoms with Gasteiger partial charge in [-0.05, 0) is 25.7 Å². The van der Waals surface area contributed by atoms with E-state index in [1.807, 2.05) is 35.3 Å². The van der Waals surface area contributed by atoms with Gasteiger partial charge in [-0.3, -0.25) is 4.40 Å². The number of aromatic nitrogens is 3. The van der Waals surface area contributed by atoms with Crippen LogP contribution in [-0.2, 0) is 6.54 Å². The predicted octanol–water partition coefficient (Wildman–Crippen LogP) is 3.11. The van der Waals surface area contributed by atoms with E-state index in [4.69, 9.17) is 0 Å². The summed E-state index contributed by atoms with van der Waals surface area (Å²) in [5.41, 5.74) is 0.861. The molecule has 1 aliphatic carbocycles. The third-order valence-corrected chi connectivity index (χ3v) is 5.63. The van der Waals surface area contributed by atoms with Crippen molar-refractivity contribution in [2.75, 3.05) is 0 Å². The molecule has 1 aliphatic rings. The molecule has 0 radical (unpaired) electrons. The van der Waals surface area contributed by atoms with Gasteiger partial charge in [-0.2, -0.15) is 0 Å². The lowest BCUT2D eigenvalue weighted by molar-refractivity contribution is 0.235. The molecular formula is C15H17N5OS2. The number of aryl methyl sites for hydroxylation is 1. The second-order valence-corrected chi connectivity index (χ2v) is 7.92. The van der Waals surface area contributed by atoms with Crippen LogP contribution in [0, 0.1) is 12.8 Å². The third kappa shape index (κ3) is 3.23. The average Bonchev–Trinajstić information content (AvgIpc) is 2.92. The van der Waals surface area contributed by atoms with Crippen LogP contribution in [0.25, 0.3) is 4.96 Å². The Hall–Kier alpha value is -1.93. The smallest absolute Gasteiger partial charge is 0.315 e. The van der Waals surface area contributed by atoms with E-state index < -0.39 is 0 Å². The zero-order chi connectivity index (χ0) is 15.8. The first-order valence-electron chi connectivity index (χ1n) is 7.57. The maximum Gasteiger partial charge on any atom is 0.315 e. The summed E-state index contributed by atoms with van der Waals surface area (Å²) in [6, 6.07) is -0.134. The number of rotatable bonds is 5. The molecule has 0 bridgehead atoms. The lowest BCUT2D eigenvalue weighted by Gasteiger charge is -2.16. The number of nitrogens with zero attached hydrogens (tertiary/aromatic N) is 3. The molecule has 2 N–H and O–H groups in total. The van der Waals surface area contributed by atoms with Gasteiger partial charge in [0.15, 0.2) is 4.96 Å². The van der Waals surface area contributed by atoms with Gasteiger partial charge >= 0.3 is 6.03 Å². The van der Waals surface area contributed by atoms with Gasteiger partial charge in [0.25, 0.3) is 0 Å². The standard InChI is InChI=1S/C15H17N5OS2/c1-9-6-16-13(23-9)12(10-2-3-10)19-14(21)17-7-11-8-20-4-5-22-15(20)18-11/h4-6,8,10,12H,2-3,7H2,1H3,(H2,17,19,21). The minimum absolute atomic E-state index is 0.0270. The Morgan fingerprint density at radius 3 is 3.09 bits per heavy atom. The fraction of sp³-hybridized carbons (Fsp3) is 0.400. The number of fused-ring (bicyclic) bond motifs is 1. The first-order valence-corrected chi connectivity index (χ1v) is 9.26. The first kappa shape index (κ1) is 14.6. The fourth-order valence-electron chi connectivity index (χ4n) is 2.55. The fourth-order valence-corrected chi connectivity index (χ4v) is 4.19. The lowest BCUT2D eigenvalue weighted by Crippen LogP contribution is -2.38. The van der Waals surface area contributed by atoms with E-state index in [0.717, 1.165) is 28.5 Å². The monoisotopic (exact) mass is 347 g/mol. The molecule has 2 amide bonds. The van der Waals surface area contributed by atoms with E-state index in [1.165, 1.54) is 4.88 Å². The number of hydrogen-bond donors (Lipinski definition) is 2. The van der Waals surface area contributed by atoms with Crippen molar-refractivity contribution < 1.29 is 4.79 Å². The van der Waals surface area contributed by atoms with Crippen LogP contribution in [0.3, 0.4) is 0 Å². The minimum atomic E-state index is -0.161. The third-order valence-electron chi connectivity index (χ3n) is 3.86. The van der Waals surface area contributed by atoms with Gasteiger partial charge in [0, 0.05) is 28.8 Å². The highest BCUT2D eigenvalue weighted by Gasteiger charge is 2.35. The molecular weight excluding hydrogens is 330 g/mol. The Bertz CT molecular complexity index is 803. The number of nitrogens with one attached hydrogen (secondary N) is 2. The summed E-state index contributed by atoms with van der Waals surface area (Å²) in [6.07, 6.45) is 8.08. The van der Waals surface area contributed by atoms with Crippen molar-refractivity contribution in [1.82, 2.24) is 25.0 Å². The van der Waals surface area contributed by atoms with Crippen LogP contribution in [0.1, 0.15) is 34.5 Å². The van der Waals surface area contributed by atoms with E-state index in [-0.39, 0.29) is 12.1 Å². The quantitative estimate of drug-likeness (QED) is 0.745. The number of hydrogen-bond acceptors (Lipinski definition) is 5. The van der Waals surface area contributed by atoms with Gasteiger partial charge in [-0.15, -0.1) is 22.7 Å².